The summed E-state index contributed by atoms with van der Waals surface area (Å²) in [6, 6.07) is 4.87. The Hall–Kier alpha value is -1.60. The van der Waals surface area contributed by atoms with Crippen molar-refractivity contribution >= 4 is 57.7 Å². The van der Waals surface area contributed by atoms with Crippen molar-refractivity contribution in [1.82, 2.24) is 10.2 Å². The number of hydrogen-bond acceptors (Lipinski definition) is 5. The molecule has 1 amide bonds. The molecular formula is C15H10Cl3N3O2S. The third-order valence-corrected chi connectivity index (χ3v) is 4.80. The van der Waals surface area contributed by atoms with Gasteiger partial charge in [-0.05, 0) is 23.6 Å². The van der Waals surface area contributed by atoms with E-state index >= 15 is 0 Å². The molecule has 0 saturated heterocycles. The van der Waals surface area contributed by atoms with Crippen LogP contribution >= 0.6 is 46.1 Å². The minimum absolute atomic E-state index is 0.168. The van der Waals surface area contributed by atoms with Gasteiger partial charge in [0.15, 0.2) is 0 Å². The van der Waals surface area contributed by atoms with E-state index in [0.29, 0.717) is 39.0 Å². The lowest BCUT2D eigenvalue weighted by Crippen LogP contribution is -2.12. The highest BCUT2D eigenvalue weighted by atomic mass is 35.5. The van der Waals surface area contributed by atoms with Crippen molar-refractivity contribution < 1.29 is 9.21 Å². The van der Waals surface area contributed by atoms with Crippen molar-refractivity contribution in [1.29, 1.82) is 0 Å². The van der Waals surface area contributed by atoms with Crippen LogP contribution < -0.4 is 5.32 Å². The number of halogens is 3. The highest BCUT2D eigenvalue weighted by Crippen LogP contribution is 2.32. The summed E-state index contributed by atoms with van der Waals surface area (Å²) < 4.78 is 5.53. The molecule has 1 N–H and O–H groups in total. The van der Waals surface area contributed by atoms with E-state index in [2.05, 4.69) is 15.5 Å². The van der Waals surface area contributed by atoms with Crippen LogP contribution in [0, 0.1) is 0 Å². The molecule has 0 atom stereocenters. The van der Waals surface area contributed by atoms with E-state index in [9.17, 15) is 4.79 Å². The summed E-state index contributed by atoms with van der Waals surface area (Å²) >= 11 is 19.3. The molecule has 3 aromatic rings. The first-order valence-electron chi connectivity index (χ1n) is 6.82. The van der Waals surface area contributed by atoms with Gasteiger partial charge in [0, 0.05) is 23.8 Å². The molecule has 0 saturated carbocycles. The maximum absolute atomic E-state index is 12.0. The lowest BCUT2D eigenvalue weighted by molar-refractivity contribution is -0.116. The smallest absolute Gasteiger partial charge is 0.248 e. The first-order chi connectivity index (χ1) is 11.5. The number of carbonyl (C=O) groups is 1. The Balaban J connectivity index is 1.59. The molecule has 2 heterocycles. The molecule has 0 aliphatic carbocycles. The summed E-state index contributed by atoms with van der Waals surface area (Å²) in [6.07, 6.45) is 0.490. The number of nitrogens with one attached hydrogen (secondary N) is 1. The molecule has 0 bridgehead atoms. The fraction of sp³-hybridized carbons (Fsp3) is 0.133. The van der Waals surface area contributed by atoms with Gasteiger partial charge in [-0.25, -0.2) is 0 Å². The number of rotatable bonds is 5. The van der Waals surface area contributed by atoms with Gasteiger partial charge in [-0.15, -0.1) is 10.2 Å². The van der Waals surface area contributed by atoms with Crippen molar-refractivity contribution in [2.75, 3.05) is 5.32 Å². The Kier molecular flexibility index (Phi) is 5.40. The zero-order chi connectivity index (χ0) is 17.1. The molecule has 124 valence electrons. The van der Waals surface area contributed by atoms with Crippen LogP contribution in [0.25, 0.3) is 11.5 Å². The van der Waals surface area contributed by atoms with E-state index in [1.807, 2.05) is 16.8 Å². The van der Waals surface area contributed by atoms with E-state index in [-0.39, 0.29) is 12.3 Å². The van der Waals surface area contributed by atoms with Crippen LogP contribution in [0.15, 0.2) is 33.4 Å². The van der Waals surface area contributed by atoms with Crippen molar-refractivity contribution in [3.05, 3.63) is 49.9 Å². The largest absolute Gasteiger partial charge is 0.421 e. The highest BCUT2D eigenvalue weighted by molar-refractivity contribution is 7.08. The standard InChI is InChI=1S/C15H10Cl3N3O2S/c16-9-5-11(18)12(6-10(9)17)19-13(22)1-2-14-20-21-15(23-14)8-3-4-24-7-8/h3-7H,1-2H2,(H,19,22). The maximum atomic E-state index is 12.0. The number of amides is 1. The van der Waals surface area contributed by atoms with Crippen LogP contribution in [0.1, 0.15) is 12.3 Å². The van der Waals surface area contributed by atoms with Gasteiger partial charge in [0.1, 0.15) is 0 Å². The van der Waals surface area contributed by atoms with Gasteiger partial charge in [0.25, 0.3) is 0 Å². The van der Waals surface area contributed by atoms with E-state index < -0.39 is 0 Å². The van der Waals surface area contributed by atoms with Crippen LogP contribution in [0.3, 0.4) is 0 Å². The fourth-order valence-electron chi connectivity index (χ4n) is 1.91. The van der Waals surface area contributed by atoms with Gasteiger partial charge in [0.05, 0.1) is 20.8 Å². The molecule has 1 aromatic carbocycles. The lowest BCUT2D eigenvalue weighted by atomic mass is 10.2. The average Bonchev–Trinajstić information content (AvgIpc) is 3.21. The number of thiophene rings is 1. The molecule has 0 unspecified atom stereocenters. The van der Waals surface area contributed by atoms with Gasteiger partial charge >= 0.3 is 0 Å². The van der Waals surface area contributed by atoms with Crippen LogP contribution in [-0.2, 0) is 11.2 Å². The summed E-state index contributed by atoms with van der Waals surface area (Å²) in [5.41, 5.74) is 1.27. The summed E-state index contributed by atoms with van der Waals surface area (Å²) in [7, 11) is 0. The van der Waals surface area contributed by atoms with Gasteiger partial charge < -0.3 is 9.73 Å². The van der Waals surface area contributed by atoms with Crippen molar-refractivity contribution in [2.24, 2.45) is 0 Å². The molecule has 2 aromatic heterocycles. The van der Waals surface area contributed by atoms with E-state index in [0.717, 1.165) is 5.56 Å². The second kappa shape index (κ2) is 7.53. The SMILES string of the molecule is O=C(CCc1nnc(-c2ccsc2)o1)Nc1cc(Cl)c(Cl)cc1Cl. The summed E-state index contributed by atoms with van der Waals surface area (Å²) in [5.74, 6) is 0.594. The Labute approximate surface area is 156 Å². The number of aromatic nitrogens is 2. The Morgan fingerprint density at radius 2 is 1.96 bits per heavy atom. The normalized spacial score (nSPS) is 10.8. The third kappa shape index (κ3) is 4.08. The summed E-state index contributed by atoms with van der Waals surface area (Å²) in [5, 5.41) is 15.4. The predicted octanol–water partition coefficient (Wildman–Crippen LogP) is 5.33. The molecular weight excluding hydrogens is 393 g/mol. The van der Waals surface area contributed by atoms with Gasteiger partial charge in [0.2, 0.25) is 17.7 Å². The van der Waals surface area contributed by atoms with Crippen molar-refractivity contribution in [2.45, 2.75) is 12.8 Å². The van der Waals surface area contributed by atoms with Crippen molar-refractivity contribution in [3.63, 3.8) is 0 Å². The Morgan fingerprint density at radius 1 is 1.17 bits per heavy atom. The topological polar surface area (TPSA) is 68.0 Å². The number of nitrogens with zero attached hydrogens (tertiary/aromatic N) is 2. The van der Waals surface area contributed by atoms with E-state index in [1.165, 1.54) is 12.1 Å². The average molecular weight is 403 g/mol. The quantitative estimate of drug-likeness (QED) is 0.586. The molecule has 5 nitrogen and oxygen atoms in total. The second-order valence-corrected chi connectivity index (χ2v) is 6.81. The number of anilines is 1. The van der Waals surface area contributed by atoms with Gasteiger partial charge in [-0.3, -0.25) is 4.79 Å². The molecule has 24 heavy (non-hydrogen) atoms. The minimum Gasteiger partial charge on any atom is -0.421 e. The maximum Gasteiger partial charge on any atom is 0.248 e. The molecule has 0 aliphatic heterocycles. The van der Waals surface area contributed by atoms with Crippen LogP contribution in [0.4, 0.5) is 5.69 Å². The molecule has 0 fully saturated rings. The van der Waals surface area contributed by atoms with Gasteiger partial charge in [-0.2, -0.15) is 11.3 Å². The van der Waals surface area contributed by atoms with Crippen LogP contribution in [0.5, 0.6) is 0 Å². The summed E-state index contributed by atoms with van der Waals surface area (Å²) in [4.78, 5) is 12.0. The minimum atomic E-state index is -0.245. The lowest BCUT2D eigenvalue weighted by Gasteiger charge is -2.08. The van der Waals surface area contributed by atoms with Gasteiger partial charge in [-0.1, -0.05) is 34.8 Å². The van der Waals surface area contributed by atoms with Crippen LogP contribution in [0.2, 0.25) is 15.1 Å². The second-order valence-electron chi connectivity index (χ2n) is 4.81. The number of aryl methyl sites for hydroxylation is 1. The van der Waals surface area contributed by atoms with E-state index in [1.54, 1.807) is 11.3 Å². The third-order valence-electron chi connectivity index (χ3n) is 3.08. The molecule has 3 rings (SSSR count). The van der Waals surface area contributed by atoms with Crippen LogP contribution in [-0.4, -0.2) is 16.1 Å². The zero-order valence-electron chi connectivity index (χ0n) is 12.1. The predicted molar refractivity (Wildman–Crippen MR) is 96.0 cm³/mol. The number of benzene rings is 1. The number of carbonyl (C=O) groups excluding carboxylic acids is 1. The van der Waals surface area contributed by atoms with Crippen molar-refractivity contribution in [3.8, 4) is 11.5 Å². The molecule has 9 heteroatoms. The fourth-order valence-corrected chi connectivity index (χ4v) is 3.13. The van der Waals surface area contributed by atoms with E-state index in [4.69, 9.17) is 39.2 Å². The monoisotopic (exact) mass is 401 g/mol. The number of hydrogen-bond donors (Lipinski definition) is 1. The Morgan fingerprint density at radius 3 is 2.71 bits per heavy atom. The first-order valence-corrected chi connectivity index (χ1v) is 8.90. The molecule has 0 spiro atoms. The molecule has 0 aliphatic rings. The molecule has 0 radical (unpaired) electrons. The summed E-state index contributed by atoms with van der Waals surface area (Å²) in [6.45, 7) is 0. The first kappa shape index (κ1) is 17.2. The Bertz CT molecular complexity index is 865. The zero-order valence-corrected chi connectivity index (χ0v) is 15.1. The highest BCUT2D eigenvalue weighted by Gasteiger charge is 2.13.